The van der Waals surface area contributed by atoms with E-state index in [1.54, 1.807) is 0 Å². The summed E-state index contributed by atoms with van der Waals surface area (Å²) in [6, 6.07) is 0. The molecule has 0 radical (unpaired) electrons. The van der Waals surface area contributed by atoms with E-state index in [1.807, 2.05) is 27.7 Å². The quantitative estimate of drug-likeness (QED) is 0.0903. The van der Waals surface area contributed by atoms with Crippen molar-refractivity contribution in [3.8, 4) is 0 Å². The molecule has 4 nitrogen and oxygen atoms in total. The molecule has 0 aliphatic rings. The average Bonchev–Trinajstić information content (AvgIpc) is 2.69. The predicted octanol–water partition coefficient (Wildman–Crippen LogP) is 7.65. The maximum atomic E-state index is 12.4. The summed E-state index contributed by atoms with van der Waals surface area (Å²) in [4.78, 5) is 24.5. The molecule has 0 aromatic carbocycles. The lowest BCUT2D eigenvalue weighted by atomic mass is 10.0. The number of hydrogen-bond acceptors (Lipinski definition) is 4. The monoisotopic (exact) mass is 454 g/mol. The van der Waals surface area contributed by atoms with E-state index in [0.717, 1.165) is 12.8 Å². The standard InChI is InChI=1S/C20H37O2.2C3H7O.Al/c1-2-3-4-5-6-7-8-9-10-11-12-13-14-15-16-17-20(22)18-19-21;2*1-3(2)4;/h2-18H2,1H3;2*3H,1-2H3;/q;2*-1;+2. The molecule has 0 aromatic rings. The van der Waals surface area contributed by atoms with Gasteiger partial charge < -0.3 is 12.4 Å². The SMILES string of the molecule is CCCCCCCCCCCCCCCCCC(=O)C[C](=O)[Al]([O]C(C)C)[O]C(C)C. The van der Waals surface area contributed by atoms with Crippen LogP contribution in [-0.2, 0) is 17.2 Å². The van der Waals surface area contributed by atoms with Gasteiger partial charge in [-0.1, -0.05) is 96.8 Å². The zero-order chi connectivity index (χ0) is 23.3. The number of carbonyl (C=O) groups is 2. The van der Waals surface area contributed by atoms with Gasteiger partial charge >= 0.3 is 14.8 Å². The minimum Gasteiger partial charge on any atom is -0.471 e. The van der Waals surface area contributed by atoms with Crippen LogP contribution >= 0.6 is 0 Å². The molecule has 31 heavy (non-hydrogen) atoms. The first-order valence-corrected chi connectivity index (χ1v) is 14.7. The largest absolute Gasteiger partial charge is 0.758 e. The molecule has 0 aliphatic carbocycles. The second kappa shape index (κ2) is 21.6. The molecule has 0 heterocycles. The van der Waals surface area contributed by atoms with Gasteiger partial charge in [-0.3, -0.25) is 4.79 Å². The van der Waals surface area contributed by atoms with Crippen LogP contribution in [0.1, 0.15) is 144 Å². The molecule has 0 spiro atoms. The molecular formula is C26H51AlO4. The van der Waals surface area contributed by atoms with Crippen molar-refractivity contribution in [2.75, 3.05) is 0 Å². The molecule has 0 amide bonds. The molecule has 5 heteroatoms. The highest BCUT2D eigenvalue weighted by molar-refractivity contribution is 6.81. The van der Waals surface area contributed by atoms with Gasteiger partial charge in [-0.2, -0.15) is 0 Å². The first-order valence-electron chi connectivity index (χ1n) is 13.2. The molecule has 0 aromatic heterocycles. The summed E-state index contributed by atoms with van der Waals surface area (Å²) < 4.78 is 11.2. The Morgan fingerprint density at radius 1 is 0.613 bits per heavy atom. The van der Waals surface area contributed by atoms with Crippen molar-refractivity contribution in [2.24, 2.45) is 0 Å². The average molecular weight is 455 g/mol. The summed E-state index contributed by atoms with van der Waals surface area (Å²) >= 11 is -2.44. The Balaban J connectivity index is 3.59. The fraction of sp³-hybridized carbons (Fsp3) is 0.923. The van der Waals surface area contributed by atoms with E-state index in [1.165, 1.54) is 83.5 Å². The zero-order valence-electron chi connectivity index (χ0n) is 21.4. The van der Waals surface area contributed by atoms with Gasteiger partial charge in [0.25, 0.3) is 0 Å². The molecule has 0 atom stereocenters. The summed E-state index contributed by atoms with van der Waals surface area (Å²) in [7, 11) is 0. The molecule has 0 rings (SSSR count). The highest BCUT2D eigenvalue weighted by Gasteiger charge is 2.38. The van der Waals surface area contributed by atoms with Crippen molar-refractivity contribution in [1.29, 1.82) is 0 Å². The number of unbranched alkanes of at least 4 members (excludes halogenated alkanes) is 14. The van der Waals surface area contributed by atoms with Crippen molar-refractivity contribution >= 4 is 25.2 Å². The number of hydrogen-bond donors (Lipinski definition) is 0. The second-order valence-electron chi connectivity index (χ2n) is 9.58. The molecule has 0 unspecified atom stereocenters. The first kappa shape index (κ1) is 30.8. The van der Waals surface area contributed by atoms with Crippen LogP contribution in [0.25, 0.3) is 0 Å². The molecule has 0 fully saturated rings. The van der Waals surface area contributed by atoms with E-state index in [4.69, 9.17) is 7.58 Å². The van der Waals surface area contributed by atoms with Gasteiger partial charge in [0.1, 0.15) is 10.4 Å². The van der Waals surface area contributed by atoms with Gasteiger partial charge in [0, 0.05) is 18.6 Å². The van der Waals surface area contributed by atoms with Gasteiger partial charge in [-0.25, -0.2) is 0 Å². The van der Waals surface area contributed by atoms with Crippen LogP contribution in [0.2, 0.25) is 0 Å². The van der Waals surface area contributed by atoms with Gasteiger partial charge in [0.2, 0.25) is 0 Å². The maximum Gasteiger partial charge on any atom is 0.758 e. The lowest BCUT2D eigenvalue weighted by Crippen LogP contribution is -2.38. The predicted molar refractivity (Wildman–Crippen MR) is 132 cm³/mol. The van der Waals surface area contributed by atoms with Crippen molar-refractivity contribution < 1.29 is 17.2 Å². The summed E-state index contributed by atoms with van der Waals surface area (Å²) in [5.74, 6) is 0.0388. The number of rotatable bonds is 23. The van der Waals surface area contributed by atoms with Crippen molar-refractivity contribution in [3.05, 3.63) is 0 Å². The molecule has 0 saturated carbocycles. The Kier molecular flexibility index (Phi) is 21.5. The van der Waals surface area contributed by atoms with Crippen LogP contribution in [0.5, 0.6) is 0 Å². The smallest absolute Gasteiger partial charge is 0.471 e. The molecule has 0 N–H and O–H groups in total. The van der Waals surface area contributed by atoms with Crippen LogP contribution in [0.15, 0.2) is 0 Å². The Morgan fingerprint density at radius 2 is 0.968 bits per heavy atom. The van der Waals surface area contributed by atoms with Crippen molar-refractivity contribution in [2.45, 2.75) is 156 Å². The first-order chi connectivity index (χ1) is 14.9. The van der Waals surface area contributed by atoms with E-state index in [2.05, 4.69) is 6.92 Å². The third-order valence-electron chi connectivity index (χ3n) is 5.48. The van der Waals surface area contributed by atoms with Crippen LogP contribution in [0.3, 0.4) is 0 Å². The van der Waals surface area contributed by atoms with Gasteiger partial charge in [-0.05, 0) is 34.1 Å². The minimum atomic E-state index is -2.44. The Labute approximate surface area is 198 Å². The van der Waals surface area contributed by atoms with Crippen LogP contribution in [0, 0.1) is 0 Å². The highest BCUT2D eigenvalue weighted by atomic mass is 27.2. The van der Waals surface area contributed by atoms with Crippen molar-refractivity contribution in [1.82, 2.24) is 0 Å². The van der Waals surface area contributed by atoms with E-state index in [-0.39, 0.29) is 29.1 Å². The third-order valence-corrected chi connectivity index (χ3v) is 7.80. The second-order valence-corrected chi connectivity index (χ2v) is 11.4. The molecular weight excluding hydrogens is 403 g/mol. The molecule has 0 saturated heterocycles. The Bertz CT molecular complexity index is 427. The zero-order valence-corrected chi connectivity index (χ0v) is 22.5. The Morgan fingerprint density at radius 3 is 1.32 bits per heavy atom. The lowest BCUT2D eigenvalue weighted by molar-refractivity contribution is -0.125. The van der Waals surface area contributed by atoms with E-state index >= 15 is 0 Å². The Hall–Kier alpha value is -0.208. The minimum absolute atomic E-state index is 0.0189. The fourth-order valence-electron chi connectivity index (χ4n) is 3.74. The van der Waals surface area contributed by atoms with E-state index in [9.17, 15) is 9.59 Å². The van der Waals surface area contributed by atoms with E-state index < -0.39 is 14.8 Å². The van der Waals surface area contributed by atoms with E-state index in [0.29, 0.717) is 6.42 Å². The normalized spacial score (nSPS) is 11.5. The van der Waals surface area contributed by atoms with Crippen LogP contribution in [-0.4, -0.2) is 37.5 Å². The van der Waals surface area contributed by atoms with Crippen LogP contribution < -0.4 is 0 Å². The topological polar surface area (TPSA) is 52.6 Å². The lowest BCUT2D eigenvalue weighted by Gasteiger charge is -2.17. The summed E-state index contributed by atoms with van der Waals surface area (Å²) in [6.45, 7) is 9.86. The van der Waals surface area contributed by atoms with Gasteiger partial charge in [0.05, 0.1) is 6.42 Å². The number of ketones is 1. The van der Waals surface area contributed by atoms with Crippen LogP contribution in [0.4, 0.5) is 0 Å². The maximum absolute atomic E-state index is 12.4. The summed E-state index contributed by atoms with van der Waals surface area (Å²) in [5.41, 5.74) is 0. The van der Waals surface area contributed by atoms with Crippen molar-refractivity contribution in [3.63, 3.8) is 0 Å². The fourth-order valence-corrected chi connectivity index (χ4v) is 5.49. The molecule has 0 bridgehead atoms. The summed E-state index contributed by atoms with van der Waals surface area (Å²) in [5, 5.41) is 0. The number of Topliss-reactive ketones (excluding diaryl/α,β-unsaturated/α-hetero) is 1. The van der Waals surface area contributed by atoms with Gasteiger partial charge in [0.15, 0.2) is 0 Å². The third kappa shape index (κ3) is 21.4. The van der Waals surface area contributed by atoms with Gasteiger partial charge in [-0.15, -0.1) is 0 Å². The molecule has 0 aliphatic heterocycles. The highest BCUT2D eigenvalue weighted by Crippen LogP contribution is 2.14. The summed E-state index contributed by atoms with van der Waals surface area (Å²) in [6.07, 6.45) is 20.1. The number of carbonyl (C=O) groups excluding carboxylic acids is 2. The molecule has 182 valence electrons.